The molecule has 0 unspecified atom stereocenters. The predicted molar refractivity (Wildman–Crippen MR) is 100 cm³/mol. The van der Waals surface area contributed by atoms with Crippen molar-refractivity contribution in [3.8, 4) is 0 Å². The van der Waals surface area contributed by atoms with E-state index in [1.54, 1.807) is 11.8 Å². The summed E-state index contributed by atoms with van der Waals surface area (Å²) < 4.78 is 26.4. The summed E-state index contributed by atoms with van der Waals surface area (Å²) >= 11 is 1.78. The van der Waals surface area contributed by atoms with Crippen molar-refractivity contribution in [3.63, 3.8) is 0 Å². The third-order valence-electron chi connectivity index (χ3n) is 3.86. The SMILES string of the molecule is C/C=C\C=C/CC(SCC)(c1ccc(F)cc1)c1ccc(F)cc1. The summed E-state index contributed by atoms with van der Waals surface area (Å²) in [4.78, 5) is 0. The molecule has 2 rings (SSSR count). The van der Waals surface area contributed by atoms with Crippen molar-refractivity contribution >= 4 is 11.8 Å². The topological polar surface area (TPSA) is 0 Å². The molecule has 0 bridgehead atoms. The Morgan fingerprint density at radius 1 is 0.875 bits per heavy atom. The van der Waals surface area contributed by atoms with Crippen LogP contribution in [-0.2, 0) is 4.75 Å². The Labute approximate surface area is 147 Å². The second-order valence-corrected chi connectivity index (χ2v) is 6.99. The fourth-order valence-electron chi connectivity index (χ4n) is 2.74. The second-order valence-electron chi connectivity index (χ2n) is 5.43. The van der Waals surface area contributed by atoms with Crippen molar-refractivity contribution in [2.75, 3.05) is 5.75 Å². The molecule has 0 spiro atoms. The van der Waals surface area contributed by atoms with E-state index in [0.717, 1.165) is 23.3 Å². The molecule has 3 heteroatoms. The molecule has 0 aliphatic heterocycles. The third kappa shape index (κ3) is 4.35. The summed E-state index contributed by atoms with van der Waals surface area (Å²) in [6.07, 6.45) is 8.82. The van der Waals surface area contributed by atoms with Crippen molar-refractivity contribution < 1.29 is 8.78 Å². The fourth-order valence-corrected chi connectivity index (χ4v) is 4.05. The number of allylic oxidation sites excluding steroid dienone is 4. The minimum Gasteiger partial charge on any atom is -0.207 e. The Kier molecular flexibility index (Phi) is 6.80. The average Bonchev–Trinajstić information content (AvgIpc) is 2.59. The van der Waals surface area contributed by atoms with E-state index in [0.29, 0.717) is 0 Å². The molecule has 24 heavy (non-hydrogen) atoms. The third-order valence-corrected chi connectivity index (χ3v) is 5.28. The van der Waals surface area contributed by atoms with Crippen LogP contribution in [0.3, 0.4) is 0 Å². The van der Waals surface area contributed by atoms with Gasteiger partial charge in [0.05, 0.1) is 4.75 Å². The van der Waals surface area contributed by atoms with Gasteiger partial charge in [0.1, 0.15) is 11.6 Å². The van der Waals surface area contributed by atoms with E-state index in [9.17, 15) is 8.78 Å². The number of rotatable bonds is 7. The molecule has 0 aliphatic rings. The molecule has 0 saturated carbocycles. The molecule has 0 N–H and O–H groups in total. The van der Waals surface area contributed by atoms with E-state index >= 15 is 0 Å². The zero-order chi connectivity index (χ0) is 17.4. The minimum atomic E-state index is -0.367. The molecule has 2 aromatic rings. The molecule has 0 nitrogen and oxygen atoms in total. The highest BCUT2D eigenvalue weighted by Gasteiger charge is 2.33. The van der Waals surface area contributed by atoms with E-state index in [4.69, 9.17) is 0 Å². The van der Waals surface area contributed by atoms with Crippen LogP contribution in [-0.4, -0.2) is 5.75 Å². The van der Waals surface area contributed by atoms with Gasteiger partial charge in [-0.05, 0) is 54.5 Å². The minimum absolute atomic E-state index is 0.252. The molecule has 0 saturated heterocycles. The van der Waals surface area contributed by atoms with Crippen molar-refractivity contribution in [2.45, 2.75) is 25.0 Å². The Bertz CT molecular complexity index is 639. The van der Waals surface area contributed by atoms with E-state index in [-0.39, 0.29) is 16.4 Å². The van der Waals surface area contributed by atoms with Gasteiger partial charge in [-0.15, -0.1) is 11.8 Å². The normalized spacial score (nSPS) is 12.3. The highest BCUT2D eigenvalue weighted by molar-refractivity contribution is 8.00. The highest BCUT2D eigenvalue weighted by atomic mass is 32.2. The van der Waals surface area contributed by atoms with Gasteiger partial charge in [-0.3, -0.25) is 0 Å². The Morgan fingerprint density at radius 2 is 1.38 bits per heavy atom. The average molecular weight is 344 g/mol. The van der Waals surface area contributed by atoms with Gasteiger partial charge in [0.15, 0.2) is 0 Å². The summed E-state index contributed by atoms with van der Waals surface area (Å²) in [6.45, 7) is 4.07. The first-order valence-electron chi connectivity index (χ1n) is 8.06. The van der Waals surface area contributed by atoms with Crippen LogP contribution in [0.2, 0.25) is 0 Å². The van der Waals surface area contributed by atoms with Gasteiger partial charge in [0.25, 0.3) is 0 Å². The van der Waals surface area contributed by atoms with Crippen molar-refractivity contribution in [2.24, 2.45) is 0 Å². The van der Waals surface area contributed by atoms with Crippen LogP contribution in [0, 0.1) is 11.6 Å². The van der Waals surface area contributed by atoms with Crippen LogP contribution in [0.5, 0.6) is 0 Å². The first-order valence-corrected chi connectivity index (χ1v) is 9.05. The van der Waals surface area contributed by atoms with E-state index in [1.165, 1.54) is 24.3 Å². The monoisotopic (exact) mass is 344 g/mol. The number of hydrogen-bond donors (Lipinski definition) is 0. The summed E-state index contributed by atoms with van der Waals surface area (Å²) in [5.74, 6) is 0.391. The van der Waals surface area contributed by atoms with Crippen LogP contribution < -0.4 is 0 Å². The Balaban J connectivity index is 2.54. The maximum absolute atomic E-state index is 13.4. The van der Waals surface area contributed by atoms with Crippen molar-refractivity contribution in [1.82, 2.24) is 0 Å². The first-order chi connectivity index (χ1) is 11.6. The second kappa shape index (κ2) is 8.84. The van der Waals surface area contributed by atoms with E-state index < -0.39 is 0 Å². The summed E-state index contributed by atoms with van der Waals surface area (Å²) in [5, 5.41) is 0. The number of benzene rings is 2. The zero-order valence-electron chi connectivity index (χ0n) is 14.0. The van der Waals surface area contributed by atoms with Gasteiger partial charge in [-0.25, -0.2) is 8.78 Å². The molecule has 0 aromatic heterocycles. The lowest BCUT2D eigenvalue weighted by Crippen LogP contribution is -2.23. The van der Waals surface area contributed by atoms with E-state index in [2.05, 4.69) is 13.0 Å². The van der Waals surface area contributed by atoms with Gasteiger partial charge < -0.3 is 0 Å². The van der Waals surface area contributed by atoms with Crippen LogP contribution in [0.15, 0.2) is 72.8 Å². The fraction of sp³-hybridized carbons (Fsp3) is 0.238. The zero-order valence-corrected chi connectivity index (χ0v) is 14.8. The summed E-state index contributed by atoms with van der Waals surface area (Å²) in [5.41, 5.74) is 2.04. The maximum atomic E-state index is 13.4. The quantitative estimate of drug-likeness (QED) is 0.518. The number of thioether (sulfide) groups is 1. The molecular formula is C21H22F2S. The van der Waals surface area contributed by atoms with Crippen molar-refractivity contribution in [1.29, 1.82) is 0 Å². The molecular weight excluding hydrogens is 322 g/mol. The lowest BCUT2D eigenvalue weighted by molar-refractivity contribution is 0.622. The van der Waals surface area contributed by atoms with Gasteiger partial charge in [0.2, 0.25) is 0 Å². The van der Waals surface area contributed by atoms with Crippen LogP contribution in [0.1, 0.15) is 31.4 Å². The maximum Gasteiger partial charge on any atom is 0.123 e. The van der Waals surface area contributed by atoms with Crippen LogP contribution in [0.25, 0.3) is 0 Å². The Morgan fingerprint density at radius 3 is 1.79 bits per heavy atom. The predicted octanol–water partition coefficient (Wildman–Crippen LogP) is 6.48. The van der Waals surface area contributed by atoms with Crippen molar-refractivity contribution in [3.05, 3.63) is 95.6 Å². The largest absolute Gasteiger partial charge is 0.207 e. The molecule has 0 heterocycles. The van der Waals surface area contributed by atoms with Gasteiger partial charge >= 0.3 is 0 Å². The lowest BCUT2D eigenvalue weighted by atomic mass is 9.87. The van der Waals surface area contributed by atoms with Crippen LogP contribution in [0.4, 0.5) is 8.78 Å². The molecule has 126 valence electrons. The highest BCUT2D eigenvalue weighted by Crippen LogP contribution is 2.46. The number of hydrogen-bond acceptors (Lipinski definition) is 1. The van der Waals surface area contributed by atoms with Gasteiger partial charge in [-0.2, -0.15) is 0 Å². The summed E-state index contributed by atoms with van der Waals surface area (Å²) in [7, 11) is 0. The van der Waals surface area contributed by atoms with E-state index in [1.807, 2.05) is 49.4 Å². The standard InChI is InChI=1S/C21H22F2S/c1-3-5-6-7-16-21(24-4-2,17-8-12-19(22)13-9-17)18-10-14-20(23)15-11-18/h3,5-15H,4,16H2,1-2H3/b5-3-,7-6-. The number of halogens is 2. The molecule has 0 aliphatic carbocycles. The van der Waals surface area contributed by atoms with Gasteiger partial charge in [0, 0.05) is 0 Å². The molecule has 0 amide bonds. The van der Waals surface area contributed by atoms with Gasteiger partial charge in [-0.1, -0.05) is 55.5 Å². The molecule has 0 radical (unpaired) electrons. The molecule has 0 fully saturated rings. The smallest absolute Gasteiger partial charge is 0.123 e. The van der Waals surface area contributed by atoms with Crippen LogP contribution >= 0.6 is 11.8 Å². The molecule has 2 aromatic carbocycles. The first kappa shape index (κ1) is 18.5. The lowest BCUT2D eigenvalue weighted by Gasteiger charge is -2.33. The molecule has 0 atom stereocenters. The Hall–Kier alpha value is -1.87. The summed E-state index contributed by atoms with van der Waals surface area (Å²) in [6, 6.07) is 13.2.